The fourth-order valence-corrected chi connectivity index (χ4v) is 3.64. The van der Waals surface area contributed by atoms with Crippen LogP contribution in [-0.4, -0.2) is 29.9 Å². The van der Waals surface area contributed by atoms with Gasteiger partial charge < -0.3 is 20.5 Å². The lowest BCUT2D eigenvalue weighted by Crippen LogP contribution is -2.45. The first-order chi connectivity index (χ1) is 9.70. The molecule has 2 aliphatic heterocycles. The van der Waals surface area contributed by atoms with Crippen molar-refractivity contribution in [1.82, 2.24) is 0 Å². The maximum Gasteiger partial charge on any atom is 0.144 e. The van der Waals surface area contributed by atoms with Crippen molar-refractivity contribution >= 4 is 11.4 Å². The van der Waals surface area contributed by atoms with Gasteiger partial charge in [-0.2, -0.15) is 0 Å². The molecule has 0 saturated carbocycles. The Hall–Kier alpha value is -1.42. The number of benzene rings is 1. The van der Waals surface area contributed by atoms with Crippen molar-refractivity contribution in [2.75, 3.05) is 17.2 Å². The molecule has 0 radical (unpaired) electrons. The van der Waals surface area contributed by atoms with Gasteiger partial charge in [0.15, 0.2) is 0 Å². The predicted molar refractivity (Wildman–Crippen MR) is 81.2 cm³/mol. The van der Waals surface area contributed by atoms with Crippen molar-refractivity contribution in [2.24, 2.45) is 0 Å². The minimum atomic E-state index is -0.149. The Balaban J connectivity index is 1.87. The van der Waals surface area contributed by atoms with Gasteiger partial charge in [-0.25, -0.2) is 0 Å². The molecule has 0 amide bonds. The monoisotopic (exact) mass is 276 g/mol. The highest BCUT2D eigenvalue weighted by molar-refractivity contribution is 5.75. The van der Waals surface area contributed by atoms with Gasteiger partial charge in [0.2, 0.25) is 0 Å². The standard InChI is InChI=1S/C16H24N2O2/c1-2-8-20-15-5-3-4-14(16(15)17)18-11-6-7-12(18)10-13(19)9-11/h3-5,11-13,19H,2,6-10,17H2,1H3. The summed E-state index contributed by atoms with van der Waals surface area (Å²) in [6.45, 7) is 2.78. The van der Waals surface area contributed by atoms with Crippen molar-refractivity contribution in [2.45, 2.75) is 57.2 Å². The number of para-hydroxylation sites is 1. The van der Waals surface area contributed by atoms with Crippen LogP contribution in [0.5, 0.6) is 5.75 Å². The van der Waals surface area contributed by atoms with Crippen LogP contribution in [0.15, 0.2) is 18.2 Å². The number of aliphatic hydroxyl groups is 1. The molecule has 0 spiro atoms. The third-order valence-electron chi connectivity index (χ3n) is 4.49. The maximum atomic E-state index is 9.91. The molecular formula is C16H24N2O2. The number of rotatable bonds is 4. The lowest BCUT2D eigenvalue weighted by atomic mass is 9.98. The Kier molecular flexibility index (Phi) is 3.74. The van der Waals surface area contributed by atoms with Crippen LogP contribution in [0.2, 0.25) is 0 Å². The van der Waals surface area contributed by atoms with Gasteiger partial charge in [0.1, 0.15) is 5.75 Å². The topological polar surface area (TPSA) is 58.7 Å². The van der Waals surface area contributed by atoms with Gasteiger partial charge in [-0.1, -0.05) is 13.0 Å². The highest BCUT2D eigenvalue weighted by atomic mass is 16.5. The average Bonchev–Trinajstić information content (AvgIpc) is 2.69. The quantitative estimate of drug-likeness (QED) is 0.830. The molecule has 0 aliphatic carbocycles. The summed E-state index contributed by atoms with van der Waals surface area (Å²) in [5.74, 6) is 0.787. The number of piperidine rings is 1. The van der Waals surface area contributed by atoms with Crippen molar-refractivity contribution in [3.63, 3.8) is 0 Å². The van der Waals surface area contributed by atoms with Gasteiger partial charge in [-0.15, -0.1) is 0 Å². The number of hydrogen-bond acceptors (Lipinski definition) is 4. The molecule has 1 aromatic rings. The number of aliphatic hydroxyl groups excluding tert-OH is 1. The Bertz CT molecular complexity index is 464. The summed E-state index contributed by atoms with van der Waals surface area (Å²) >= 11 is 0. The molecule has 110 valence electrons. The van der Waals surface area contributed by atoms with Gasteiger partial charge in [-0.3, -0.25) is 0 Å². The highest BCUT2D eigenvalue weighted by Gasteiger charge is 2.41. The smallest absolute Gasteiger partial charge is 0.144 e. The molecule has 2 saturated heterocycles. The molecule has 3 N–H and O–H groups in total. The van der Waals surface area contributed by atoms with Crippen LogP contribution in [0.4, 0.5) is 11.4 Å². The first-order valence-corrected chi connectivity index (χ1v) is 7.68. The second-order valence-corrected chi connectivity index (χ2v) is 5.95. The number of fused-ring (bicyclic) bond motifs is 2. The summed E-state index contributed by atoms with van der Waals surface area (Å²) in [5.41, 5.74) is 8.14. The molecule has 2 atom stereocenters. The Morgan fingerprint density at radius 3 is 2.65 bits per heavy atom. The minimum absolute atomic E-state index is 0.149. The maximum absolute atomic E-state index is 9.91. The summed E-state index contributed by atoms with van der Waals surface area (Å²) in [6.07, 6.45) is 4.85. The molecule has 2 unspecified atom stereocenters. The van der Waals surface area contributed by atoms with E-state index in [0.717, 1.165) is 49.2 Å². The number of nitrogens with zero attached hydrogens (tertiary/aromatic N) is 1. The zero-order chi connectivity index (χ0) is 14.1. The van der Waals surface area contributed by atoms with Crippen LogP contribution in [0.25, 0.3) is 0 Å². The number of nitrogen functional groups attached to an aromatic ring is 1. The molecule has 0 aromatic heterocycles. The van der Waals surface area contributed by atoms with E-state index in [1.807, 2.05) is 12.1 Å². The van der Waals surface area contributed by atoms with E-state index >= 15 is 0 Å². The first kappa shape index (κ1) is 13.6. The van der Waals surface area contributed by atoms with Crippen LogP contribution in [0.1, 0.15) is 39.0 Å². The molecule has 2 aliphatic rings. The molecule has 2 bridgehead atoms. The Labute approximate surface area is 120 Å². The van der Waals surface area contributed by atoms with E-state index in [9.17, 15) is 5.11 Å². The van der Waals surface area contributed by atoms with Crippen LogP contribution >= 0.6 is 0 Å². The summed E-state index contributed by atoms with van der Waals surface area (Å²) in [5, 5.41) is 9.91. The molecule has 2 fully saturated rings. The van der Waals surface area contributed by atoms with Gasteiger partial charge >= 0.3 is 0 Å². The van der Waals surface area contributed by atoms with E-state index in [2.05, 4.69) is 17.9 Å². The fourth-order valence-electron chi connectivity index (χ4n) is 3.64. The summed E-state index contributed by atoms with van der Waals surface area (Å²) < 4.78 is 5.73. The van der Waals surface area contributed by atoms with Crippen molar-refractivity contribution < 1.29 is 9.84 Å². The minimum Gasteiger partial charge on any atom is -0.491 e. The molecule has 20 heavy (non-hydrogen) atoms. The first-order valence-electron chi connectivity index (χ1n) is 7.68. The number of anilines is 2. The van der Waals surface area contributed by atoms with Gasteiger partial charge in [-0.05, 0) is 44.2 Å². The second-order valence-electron chi connectivity index (χ2n) is 5.95. The Morgan fingerprint density at radius 2 is 2.00 bits per heavy atom. The third-order valence-corrected chi connectivity index (χ3v) is 4.49. The van der Waals surface area contributed by atoms with E-state index in [0.29, 0.717) is 18.7 Å². The van der Waals surface area contributed by atoms with Crippen LogP contribution in [-0.2, 0) is 0 Å². The molecule has 2 heterocycles. The number of ether oxygens (including phenoxy) is 1. The normalized spacial score (nSPS) is 28.7. The molecule has 4 heteroatoms. The van der Waals surface area contributed by atoms with Crippen molar-refractivity contribution in [3.05, 3.63) is 18.2 Å². The summed E-state index contributed by atoms with van der Waals surface area (Å²) in [4.78, 5) is 2.42. The molecule has 1 aromatic carbocycles. The zero-order valence-electron chi connectivity index (χ0n) is 12.1. The van der Waals surface area contributed by atoms with E-state index < -0.39 is 0 Å². The van der Waals surface area contributed by atoms with Crippen molar-refractivity contribution in [3.8, 4) is 5.75 Å². The lowest BCUT2D eigenvalue weighted by molar-refractivity contribution is 0.126. The fraction of sp³-hybridized carbons (Fsp3) is 0.625. The van der Waals surface area contributed by atoms with Crippen LogP contribution in [0, 0.1) is 0 Å². The highest BCUT2D eigenvalue weighted by Crippen LogP contribution is 2.43. The van der Waals surface area contributed by atoms with E-state index in [1.54, 1.807) is 0 Å². The van der Waals surface area contributed by atoms with Gasteiger partial charge in [0.25, 0.3) is 0 Å². The van der Waals surface area contributed by atoms with E-state index in [4.69, 9.17) is 10.5 Å². The third kappa shape index (κ3) is 2.33. The SMILES string of the molecule is CCCOc1cccc(N2C3CCC2CC(O)C3)c1N. The summed E-state index contributed by atoms with van der Waals surface area (Å²) in [6, 6.07) is 6.88. The molecule has 4 nitrogen and oxygen atoms in total. The number of nitrogens with two attached hydrogens (primary N) is 1. The van der Waals surface area contributed by atoms with Crippen LogP contribution in [0.3, 0.4) is 0 Å². The van der Waals surface area contributed by atoms with Crippen LogP contribution < -0.4 is 15.4 Å². The molecular weight excluding hydrogens is 252 g/mol. The van der Waals surface area contributed by atoms with Crippen molar-refractivity contribution in [1.29, 1.82) is 0 Å². The van der Waals surface area contributed by atoms with E-state index in [-0.39, 0.29) is 6.10 Å². The zero-order valence-corrected chi connectivity index (χ0v) is 12.1. The second kappa shape index (κ2) is 5.52. The molecule has 3 rings (SSSR count). The summed E-state index contributed by atoms with van der Waals surface area (Å²) in [7, 11) is 0. The Morgan fingerprint density at radius 1 is 1.30 bits per heavy atom. The average molecular weight is 276 g/mol. The van der Waals surface area contributed by atoms with E-state index in [1.165, 1.54) is 0 Å². The largest absolute Gasteiger partial charge is 0.491 e. The lowest BCUT2D eigenvalue weighted by Gasteiger charge is -2.39. The van der Waals surface area contributed by atoms with Gasteiger partial charge in [0.05, 0.1) is 24.1 Å². The predicted octanol–water partition coefficient (Wildman–Crippen LogP) is 2.55. The van der Waals surface area contributed by atoms with Gasteiger partial charge in [0, 0.05) is 12.1 Å². The number of hydrogen-bond donors (Lipinski definition) is 2.